The van der Waals surface area contributed by atoms with Crippen molar-refractivity contribution in [2.45, 2.75) is 39.1 Å². The van der Waals surface area contributed by atoms with E-state index in [0.717, 1.165) is 28.9 Å². The molecular weight excluding hydrogens is 395 g/mol. The Hall–Kier alpha value is -2.94. The zero-order chi connectivity index (χ0) is 21.6. The first-order valence-electron chi connectivity index (χ1n) is 9.65. The average Bonchev–Trinajstić information content (AvgIpc) is 2.67. The first-order valence-corrected chi connectivity index (χ1v) is 9.65. The predicted molar refractivity (Wildman–Crippen MR) is 109 cm³/mol. The Bertz CT molecular complexity index is 1100. The van der Waals surface area contributed by atoms with Gasteiger partial charge in [-0.1, -0.05) is 12.1 Å². The first kappa shape index (κ1) is 20.3. The number of aliphatic hydroxyl groups excluding tert-OH is 1. The molecule has 9 heteroatoms. The number of halogens is 3. The van der Waals surface area contributed by atoms with Crippen LogP contribution in [0.5, 0.6) is 0 Å². The van der Waals surface area contributed by atoms with Crippen molar-refractivity contribution in [2.24, 2.45) is 0 Å². The van der Waals surface area contributed by atoms with Crippen LogP contribution in [0, 0.1) is 13.8 Å². The van der Waals surface area contributed by atoms with E-state index in [9.17, 15) is 18.3 Å². The number of β-amino-alcohol motifs (C(OH)–C–C–N with tert-alkyl or cyclic N) is 1. The van der Waals surface area contributed by atoms with Gasteiger partial charge in [0.25, 0.3) is 0 Å². The largest absolute Gasteiger partial charge is 0.416 e. The topological polar surface area (TPSA) is 74.2 Å². The molecule has 0 radical (unpaired) electrons. The third-order valence-corrected chi connectivity index (χ3v) is 5.35. The van der Waals surface area contributed by atoms with Gasteiger partial charge in [-0.05, 0) is 44.5 Å². The number of pyridine rings is 1. The van der Waals surface area contributed by atoms with Gasteiger partial charge in [0.1, 0.15) is 0 Å². The molecule has 3 heterocycles. The maximum absolute atomic E-state index is 13.1. The number of hydrogen-bond donors (Lipinski definition) is 2. The van der Waals surface area contributed by atoms with Crippen LogP contribution in [0.1, 0.15) is 35.5 Å². The Labute approximate surface area is 171 Å². The first-order chi connectivity index (χ1) is 14.1. The zero-order valence-corrected chi connectivity index (χ0v) is 16.8. The summed E-state index contributed by atoms with van der Waals surface area (Å²) in [5.74, 6) is 0.454. The second-order valence-corrected chi connectivity index (χ2v) is 7.67. The molecule has 6 nitrogen and oxygen atoms in total. The maximum Gasteiger partial charge on any atom is 0.416 e. The van der Waals surface area contributed by atoms with Crippen LogP contribution in [0.3, 0.4) is 0 Å². The fraction of sp³-hybridized carbons (Fsp3) is 0.381. The molecule has 1 saturated heterocycles. The van der Waals surface area contributed by atoms with Gasteiger partial charge < -0.3 is 15.3 Å². The van der Waals surface area contributed by atoms with Crippen LogP contribution in [-0.2, 0) is 6.18 Å². The fourth-order valence-corrected chi connectivity index (χ4v) is 3.63. The monoisotopic (exact) mass is 417 g/mol. The number of nitrogens with one attached hydrogen (secondary N) is 1. The van der Waals surface area contributed by atoms with Crippen molar-refractivity contribution < 1.29 is 18.3 Å². The summed E-state index contributed by atoms with van der Waals surface area (Å²) in [7, 11) is 0. The highest BCUT2D eigenvalue weighted by Crippen LogP contribution is 2.34. The predicted octanol–water partition coefficient (Wildman–Crippen LogP) is 4.01. The van der Waals surface area contributed by atoms with Gasteiger partial charge in [0.2, 0.25) is 0 Å². The van der Waals surface area contributed by atoms with Crippen LogP contribution >= 0.6 is 0 Å². The number of hydrogen-bond acceptors (Lipinski definition) is 6. The molecule has 3 aromatic rings. The Morgan fingerprint density at radius 2 is 1.87 bits per heavy atom. The molecule has 30 heavy (non-hydrogen) atoms. The summed E-state index contributed by atoms with van der Waals surface area (Å²) in [4.78, 5) is 6.71. The van der Waals surface area contributed by atoms with Crippen LogP contribution in [0.2, 0.25) is 0 Å². The van der Waals surface area contributed by atoms with E-state index in [1.54, 1.807) is 13.0 Å². The highest BCUT2D eigenvalue weighted by molar-refractivity contribution is 5.93. The van der Waals surface area contributed by atoms with Crippen molar-refractivity contribution in [3.05, 3.63) is 52.8 Å². The minimum atomic E-state index is -4.40. The summed E-state index contributed by atoms with van der Waals surface area (Å²) >= 11 is 0. The smallest absolute Gasteiger partial charge is 0.389 e. The summed E-state index contributed by atoms with van der Waals surface area (Å²) < 4.78 is 39.2. The van der Waals surface area contributed by atoms with Crippen LogP contribution in [-0.4, -0.2) is 39.5 Å². The SMILES string of the molecule is Cc1nc2c(C)nnc(N[C@H](C)c3cccc(C(F)(F)F)c3)c2cc1N1CC(O)C1. The summed E-state index contributed by atoms with van der Waals surface area (Å²) in [5.41, 5.74) is 2.87. The number of aryl methyl sites for hydroxylation is 2. The van der Waals surface area contributed by atoms with Crippen molar-refractivity contribution in [1.82, 2.24) is 15.2 Å². The number of aromatic nitrogens is 3. The number of aliphatic hydroxyl groups is 1. The molecule has 1 fully saturated rings. The number of rotatable bonds is 4. The molecule has 1 aliphatic rings. The normalized spacial score (nSPS) is 15.9. The minimum Gasteiger partial charge on any atom is -0.389 e. The lowest BCUT2D eigenvalue weighted by Crippen LogP contribution is -2.51. The Morgan fingerprint density at radius 3 is 2.53 bits per heavy atom. The summed E-state index contributed by atoms with van der Waals surface area (Å²) in [6, 6.07) is 6.75. The number of anilines is 2. The van der Waals surface area contributed by atoms with Crippen molar-refractivity contribution in [3.8, 4) is 0 Å². The highest BCUT2D eigenvalue weighted by atomic mass is 19.4. The number of fused-ring (bicyclic) bond motifs is 1. The van der Waals surface area contributed by atoms with Crippen molar-refractivity contribution in [1.29, 1.82) is 0 Å². The van der Waals surface area contributed by atoms with Gasteiger partial charge in [0, 0.05) is 18.5 Å². The van der Waals surface area contributed by atoms with E-state index in [2.05, 4.69) is 20.5 Å². The van der Waals surface area contributed by atoms with Gasteiger partial charge in [-0.2, -0.15) is 18.3 Å². The lowest BCUT2D eigenvalue weighted by atomic mass is 10.0. The summed E-state index contributed by atoms with van der Waals surface area (Å²) in [6.45, 7) is 6.56. The quantitative estimate of drug-likeness (QED) is 0.668. The molecule has 0 unspecified atom stereocenters. The zero-order valence-electron chi connectivity index (χ0n) is 16.8. The molecule has 158 valence electrons. The Kier molecular flexibility index (Phi) is 5.01. The Balaban J connectivity index is 1.70. The van der Waals surface area contributed by atoms with Crippen LogP contribution in [0.15, 0.2) is 30.3 Å². The van der Waals surface area contributed by atoms with Crippen LogP contribution in [0.4, 0.5) is 24.7 Å². The fourth-order valence-electron chi connectivity index (χ4n) is 3.63. The van der Waals surface area contributed by atoms with E-state index in [1.165, 1.54) is 6.07 Å². The average molecular weight is 417 g/mol. The summed E-state index contributed by atoms with van der Waals surface area (Å²) in [6.07, 6.45) is -4.75. The molecule has 0 amide bonds. The molecule has 0 aliphatic carbocycles. The third kappa shape index (κ3) is 3.77. The molecule has 2 N–H and O–H groups in total. The van der Waals surface area contributed by atoms with Gasteiger partial charge in [-0.3, -0.25) is 0 Å². The second-order valence-electron chi connectivity index (χ2n) is 7.67. The van der Waals surface area contributed by atoms with Crippen molar-refractivity contribution in [3.63, 3.8) is 0 Å². The van der Waals surface area contributed by atoms with Crippen LogP contribution < -0.4 is 10.2 Å². The van der Waals surface area contributed by atoms with E-state index < -0.39 is 17.8 Å². The number of nitrogens with zero attached hydrogens (tertiary/aromatic N) is 4. The maximum atomic E-state index is 13.1. The molecule has 1 aliphatic heterocycles. The van der Waals surface area contributed by atoms with Crippen molar-refractivity contribution in [2.75, 3.05) is 23.3 Å². The summed E-state index contributed by atoms with van der Waals surface area (Å²) in [5, 5.41) is 22.0. The highest BCUT2D eigenvalue weighted by Gasteiger charge is 2.31. The lowest BCUT2D eigenvalue weighted by molar-refractivity contribution is -0.137. The molecule has 1 aromatic carbocycles. The molecule has 0 spiro atoms. The van der Waals surface area contributed by atoms with Gasteiger partial charge in [-0.25, -0.2) is 4.98 Å². The van der Waals surface area contributed by atoms with Gasteiger partial charge in [-0.15, -0.1) is 5.10 Å². The van der Waals surface area contributed by atoms with E-state index >= 15 is 0 Å². The Morgan fingerprint density at radius 1 is 1.13 bits per heavy atom. The molecule has 0 bridgehead atoms. The van der Waals surface area contributed by atoms with Gasteiger partial charge >= 0.3 is 6.18 Å². The van der Waals surface area contributed by atoms with E-state index in [1.807, 2.05) is 24.8 Å². The molecule has 4 rings (SSSR count). The second kappa shape index (κ2) is 7.39. The number of benzene rings is 1. The van der Waals surface area contributed by atoms with Gasteiger partial charge in [0.15, 0.2) is 5.82 Å². The molecule has 2 aromatic heterocycles. The third-order valence-electron chi connectivity index (χ3n) is 5.35. The molecular formula is C21H22F3N5O. The number of alkyl halides is 3. The van der Waals surface area contributed by atoms with E-state index in [4.69, 9.17) is 0 Å². The van der Waals surface area contributed by atoms with E-state index in [-0.39, 0.29) is 6.10 Å². The lowest BCUT2D eigenvalue weighted by Gasteiger charge is -2.38. The standard InChI is InChI=1S/C21H22F3N5O/c1-11(14-5-4-6-15(7-14)21(22,23)24)26-20-17-8-18(29-9-16(30)10-29)12(2)25-19(17)13(3)27-28-20/h4-8,11,16,30H,9-10H2,1-3H3,(H,26,28)/t11-/m1/s1. The van der Waals surface area contributed by atoms with Crippen LogP contribution in [0.25, 0.3) is 10.9 Å². The molecule has 1 atom stereocenters. The minimum absolute atomic E-state index is 0.351. The van der Waals surface area contributed by atoms with Crippen molar-refractivity contribution >= 4 is 22.4 Å². The van der Waals surface area contributed by atoms with E-state index in [0.29, 0.717) is 35.7 Å². The molecule has 0 saturated carbocycles. The van der Waals surface area contributed by atoms with Gasteiger partial charge in [0.05, 0.1) is 40.3 Å².